The molecule has 102 valence electrons. The predicted octanol–water partition coefficient (Wildman–Crippen LogP) is 3.24. The van der Waals surface area contributed by atoms with Gasteiger partial charge < -0.3 is 10.4 Å². The highest BCUT2D eigenvalue weighted by Crippen LogP contribution is 2.22. The fourth-order valence-electron chi connectivity index (χ4n) is 1.84. The summed E-state index contributed by atoms with van der Waals surface area (Å²) in [5.41, 5.74) is 3.63. The number of rotatable bonds is 5. The standard InChI is InChI=1S/C16H15ClN2O/c17-9-16(20)11-19-15-6-4-13(5-7-15)14-3-1-2-12(8-14)10-18/h1-8,16,19-20H,9,11H2. The van der Waals surface area contributed by atoms with Crippen molar-refractivity contribution in [3.8, 4) is 17.2 Å². The highest BCUT2D eigenvalue weighted by atomic mass is 35.5. The predicted molar refractivity (Wildman–Crippen MR) is 81.8 cm³/mol. The lowest BCUT2D eigenvalue weighted by Gasteiger charge is -2.10. The number of benzene rings is 2. The fourth-order valence-corrected chi connectivity index (χ4v) is 1.95. The van der Waals surface area contributed by atoms with Crippen LogP contribution in [0.4, 0.5) is 5.69 Å². The number of aliphatic hydroxyl groups excluding tert-OH is 1. The molecule has 1 atom stereocenters. The third kappa shape index (κ3) is 3.74. The third-order valence-electron chi connectivity index (χ3n) is 2.93. The Bertz CT molecular complexity index is 605. The van der Waals surface area contributed by atoms with Crippen LogP contribution in [-0.2, 0) is 0 Å². The van der Waals surface area contributed by atoms with Crippen molar-refractivity contribution >= 4 is 17.3 Å². The largest absolute Gasteiger partial charge is 0.390 e. The number of aliphatic hydroxyl groups is 1. The number of halogens is 1. The maximum atomic E-state index is 9.38. The van der Waals surface area contributed by atoms with Crippen LogP contribution in [0.3, 0.4) is 0 Å². The first-order chi connectivity index (χ1) is 9.72. The van der Waals surface area contributed by atoms with Crippen LogP contribution < -0.4 is 5.32 Å². The molecule has 0 aromatic heterocycles. The third-order valence-corrected chi connectivity index (χ3v) is 3.29. The van der Waals surface area contributed by atoms with Crippen LogP contribution in [0, 0.1) is 11.3 Å². The maximum Gasteiger partial charge on any atom is 0.0991 e. The first-order valence-corrected chi connectivity index (χ1v) is 6.85. The quantitative estimate of drug-likeness (QED) is 0.830. The van der Waals surface area contributed by atoms with Gasteiger partial charge in [-0.15, -0.1) is 11.6 Å². The molecule has 0 spiro atoms. The Labute approximate surface area is 123 Å². The number of nitriles is 1. The van der Waals surface area contributed by atoms with Crippen molar-refractivity contribution in [2.45, 2.75) is 6.10 Å². The van der Waals surface area contributed by atoms with E-state index in [1.54, 1.807) is 6.07 Å². The van der Waals surface area contributed by atoms with E-state index in [9.17, 15) is 5.11 Å². The topological polar surface area (TPSA) is 56.0 Å². The van der Waals surface area contributed by atoms with Crippen LogP contribution in [0.5, 0.6) is 0 Å². The van der Waals surface area contributed by atoms with Crippen molar-refractivity contribution in [1.29, 1.82) is 5.26 Å². The summed E-state index contributed by atoms with van der Waals surface area (Å²) in [6.45, 7) is 0.423. The molecule has 0 bridgehead atoms. The number of anilines is 1. The second-order valence-electron chi connectivity index (χ2n) is 4.46. The van der Waals surface area contributed by atoms with Crippen molar-refractivity contribution < 1.29 is 5.11 Å². The lowest BCUT2D eigenvalue weighted by Crippen LogP contribution is -2.20. The summed E-state index contributed by atoms with van der Waals surface area (Å²) in [6.07, 6.45) is -0.552. The lowest BCUT2D eigenvalue weighted by atomic mass is 10.0. The first kappa shape index (κ1) is 14.4. The molecular weight excluding hydrogens is 272 g/mol. The van der Waals surface area contributed by atoms with E-state index in [0.29, 0.717) is 12.1 Å². The minimum atomic E-state index is -0.552. The van der Waals surface area contributed by atoms with Gasteiger partial charge in [0.1, 0.15) is 0 Å². The van der Waals surface area contributed by atoms with Crippen LogP contribution >= 0.6 is 11.6 Å². The van der Waals surface area contributed by atoms with Crippen LogP contribution in [0.1, 0.15) is 5.56 Å². The summed E-state index contributed by atoms with van der Waals surface area (Å²) in [4.78, 5) is 0. The van der Waals surface area contributed by atoms with Crippen molar-refractivity contribution in [3.63, 3.8) is 0 Å². The van der Waals surface area contributed by atoms with Gasteiger partial charge in [0, 0.05) is 12.2 Å². The SMILES string of the molecule is N#Cc1cccc(-c2ccc(NCC(O)CCl)cc2)c1. The number of nitrogens with one attached hydrogen (secondary N) is 1. The molecule has 0 fully saturated rings. The molecule has 0 aliphatic carbocycles. The molecule has 0 saturated carbocycles. The van der Waals surface area contributed by atoms with E-state index < -0.39 is 6.10 Å². The zero-order valence-corrected chi connectivity index (χ0v) is 11.6. The summed E-state index contributed by atoms with van der Waals surface area (Å²) in [7, 11) is 0. The van der Waals surface area contributed by atoms with Gasteiger partial charge in [0.05, 0.1) is 23.6 Å². The smallest absolute Gasteiger partial charge is 0.0991 e. The van der Waals surface area contributed by atoms with Crippen molar-refractivity contribution in [2.75, 3.05) is 17.7 Å². The molecule has 20 heavy (non-hydrogen) atoms. The lowest BCUT2D eigenvalue weighted by molar-refractivity contribution is 0.211. The summed E-state index contributed by atoms with van der Waals surface area (Å²) in [5, 5.41) is 21.4. The van der Waals surface area contributed by atoms with Crippen LogP contribution in [-0.4, -0.2) is 23.6 Å². The molecule has 0 aliphatic rings. The van der Waals surface area contributed by atoms with E-state index in [-0.39, 0.29) is 5.88 Å². The fraction of sp³-hybridized carbons (Fsp3) is 0.188. The molecule has 2 aromatic carbocycles. The molecule has 1 unspecified atom stereocenters. The average molecular weight is 287 g/mol. The van der Waals surface area contributed by atoms with Gasteiger partial charge in [-0.3, -0.25) is 0 Å². The number of nitrogens with zero attached hydrogens (tertiary/aromatic N) is 1. The average Bonchev–Trinajstić information content (AvgIpc) is 2.53. The molecule has 2 aromatic rings. The van der Waals surface area contributed by atoms with Crippen molar-refractivity contribution in [1.82, 2.24) is 0 Å². The summed E-state index contributed by atoms with van der Waals surface area (Å²) in [6, 6.07) is 17.5. The summed E-state index contributed by atoms with van der Waals surface area (Å²) < 4.78 is 0. The highest BCUT2D eigenvalue weighted by molar-refractivity contribution is 6.18. The van der Waals surface area contributed by atoms with Gasteiger partial charge in [-0.25, -0.2) is 0 Å². The van der Waals surface area contributed by atoms with E-state index in [0.717, 1.165) is 16.8 Å². The van der Waals surface area contributed by atoms with Gasteiger partial charge in [0.25, 0.3) is 0 Å². The van der Waals surface area contributed by atoms with Crippen LogP contribution in [0.15, 0.2) is 48.5 Å². The van der Waals surface area contributed by atoms with Gasteiger partial charge in [-0.1, -0.05) is 24.3 Å². The van der Waals surface area contributed by atoms with Gasteiger partial charge >= 0.3 is 0 Å². The molecule has 2 N–H and O–H groups in total. The Hall–Kier alpha value is -2.02. The second-order valence-corrected chi connectivity index (χ2v) is 4.77. The Morgan fingerprint density at radius 1 is 1.15 bits per heavy atom. The second kappa shape index (κ2) is 6.95. The van der Waals surface area contributed by atoms with E-state index >= 15 is 0 Å². The number of alkyl halides is 1. The molecule has 4 heteroatoms. The van der Waals surface area contributed by atoms with Gasteiger partial charge in [0.2, 0.25) is 0 Å². The maximum absolute atomic E-state index is 9.38. The molecule has 0 heterocycles. The normalized spacial score (nSPS) is 11.7. The Kier molecular flexibility index (Phi) is 5.00. The van der Waals surface area contributed by atoms with Crippen LogP contribution in [0.25, 0.3) is 11.1 Å². The minimum Gasteiger partial charge on any atom is -0.390 e. The summed E-state index contributed by atoms with van der Waals surface area (Å²) >= 11 is 5.54. The Balaban J connectivity index is 2.09. The zero-order valence-electron chi connectivity index (χ0n) is 10.9. The highest BCUT2D eigenvalue weighted by Gasteiger charge is 2.02. The van der Waals surface area contributed by atoms with E-state index in [1.807, 2.05) is 42.5 Å². The van der Waals surface area contributed by atoms with Crippen molar-refractivity contribution in [2.24, 2.45) is 0 Å². The zero-order chi connectivity index (χ0) is 14.4. The molecule has 2 rings (SSSR count). The number of hydrogen-bond donors (Lipinski definition) is 2. The Morgan fingerprint density at radius 3 is 2.55 bits per heavy atom. The molecule has 0 radical (unpaired) electrons. The number of hydrogen-bond acceptors (Lipinski definition) is 3. The molecule has 0 aliphatic heterocycles. The summed E-state index contributed by atoms with van der Waals surface area (Å²) in [5.74, 6) is 0.214. The Morgan fingerprint density at radius 2 is 1.90 bits per heavy atom. The van der Waals surface area contributed by atoms with E-state index in [4.69, 9.17) is 16.9 Å². The van der Waals surface area contributed by atoms with E-state index in [2.05, 4.69) is 11.4 Å². The van der Waals surface area contributed by atoms with Gasteiger partial charge in [-0.2, -0.15) is 5.26 Å². The monoisotopic (exact) mass is 286 g/mol. The van der Waals surface area contributed by atoms with Crippen LogP contribution in [0.2, 0.25) is 0 Å². The molecule has 0 saturated heterocycles. The minimum absolute atomic E-state index is 0.214. The first-order valence-electron chi connectivity index (χ1n) is 6.31. The molecule has 0 amide bonds. The van der Waals surface area contributed by atoms with Crippen molar-refractivity contribution in [3.05, 3.63) is 54.1 Å². The van der Waals surface area contributed by atoms with Gasteiger partial charge in [-0.05, 0) is 35.4 Å². The van der Waals surface area contributed by atoms with E-state index in [1.165, 1.54) is 0 Å². The molecule has 3 nitrogen and oxygen atoms in total. The molecular formula is C16H15ClN2O. The van der Waals surface area contributed by atoms with Gasteiger partial charge in [0.15, 0.2) is 0 Å².